The minimum absolute atomic E-state index is 0.599. The number of hydrogen-bond donors (Lipinski definition) is 1. The van der Waals surface area contributed by atoms with Crippen molar-refractivity contribution in [2.24, 2.45) is 0 Å². The summed E-state index contributed by atoms with van der Waals surface area (Å²) < 4.78 is 7.75. The summed E-state index contributed by atoms with van der Waals surface area (Å²) in [5.74, 6) is 1.03. The third kappa shape index (κ3) is 3.40. The molecule has 5 nitrogen and oxygen atoms in total. The number of fused-ring (bicyclic) bond motifs is 1. The number of anilines is 1. The molecular weight excluding hydrogens is 264 g/mol. The Morgan fingerprint density at radius 2 is 2.24 bits per heavy atom. The summed E-state index contributed by atoms with van der Waals surface area (Å²) in [7, 11) is 0. The number of nitrogens with zero attached hydrogens (tertiary/aromatic N) is 3. The second-order valence-electron chi connectivity index (χ2n) is 6.09. The van der Waals surface area contributed by atoms with Crippen LogP contribution >= 0.6 is 0 Å². The van der Waals surface area contributed by atoms with E-state index in [0.717, 1.165) is 38.2 Å². The average Bonchev–Trinajstić information content (AvgIpc) is 3.13. The molecule has 21 heavy (non-hydrogen) atoms. The second-order valence-corrected chi connectivity index (χ2v) is 6.09. The van der Waals surface area contributed by atoms with Gasteiger partial charge in [0.25, 0.3) is 0 Å². The molecule has 0 radical (unpaired) electrons. The zero-order valence-electron chi connectivity index (χ0n) is 13.1. The first-order chi connectivity index (χ1) is 10.4. The van der Waals surface area contributed by atoms with Gasteiger partial charge in [0.05, 0.1) is 6.04 Å². The van der Waals surface area contributed by atoms with Crippen molar-refractivity contribution in [1.82, 2.24) is 14.5 Å². The van der Waals surface area contributed by atoms with Gasteiger partial charge in [-0.05, 0) is 39.2 Å². The predicted octanol–water partition coefficient (Wildman–Crippen LogP) is 2.52. The van der Waals surface area contributed by atoms with Crippen LogP contribution < -0.4 is 5.32 Å². The van der Waals surface area contributed by atoms with Gasteiger partial charge < -0.3 is 14.6 Å². The van der Waals surface area contributed by atoms with Crippen molar-refractivity contribution in [2.75, 3.05) is 38.2 Å². The van der Waals surface area contributed by atoms with E-state index >= 15 is 0 Å². The molecule has 0 saturated carbocycles. The number of nitrogens with one attached hydrogen (secondary N) is 1. The number of imidazole rings is 1. The number of hydrogen-bond acceptors (Lipinski definition) is 4. The molecule has 5 heteroatoms. The van der Waals surface area contributed by atoms with Gasteiger partial charge in [-0.25, -0.2) is 4.98 Å². The van der Waals surface area contributed by atoms with Crippen molar-refractivity contribution >= 4 is 5.95 Å². The average molecular weight is 292 g/mol. The highest BCUT2D eigenvalue weighted by atomic mass is 16.5. The van der Waals surface area contributed by atoms with Crippen molar-refractivity contribution in [3.8, 4) is 0 Å². The van der Waals surface area contributed by atoms with Gasteiger partial charge in [0.2, 0.25) is 5.95 Å². The highest BCUT2D eigenvalue weighted by molar-refractivity contribution is 5.27. The van der Waals surface area contributed by atoms with Crippen LogP contribution in [0.3, 0.4) is 0 Å². The second kappa shape index (κ2) is 7.27. The maximum atomic E-state index is 5.38. The minimum Gasteiger partial charge on any atom is -0.382 e. The molecule has 2 saturated heterocycles. The molecule has 0 aromatic carbocycles. The summed E-state index contributed by atoms with van der Waals surface area (Å²) in [6, 6.07) is 1.32. The first-order valence-corrected chi connectivity index (χ1v) is 8.48. The third-order valence-corrected chi connectivity index (χ3v) is 4.80. The van der Waals surface area contributed by atoms with E-state index in [1.807, 2.05) is 13.1 Å². The smallest absolute Gasteiger partial charge is 0.203 e. The first kappa shape index (κ1) is 14.9. The van der Waals surface area contributed by atoms with Crippen LogP contribution in [0.1, 0.15) is 45.1 Å². The fraction of sp³-hybridized carbons (Fsp3) is 0.812. The zero-order valence-corrected chi connectivity index (χ0v) is 13.1. The Hall–Kier alpha value is -1.07. The fourth-order valence-corrected chi connectivity index (χ4v) is 3.78. The summed E-state index contributed by atoms with van der Waals surface area (Å²) >= 11 is 0. The van der Waals surface area contributed by atoms with Gasteiger partial charge in [0, 0.05) is 44.7 Å². The number of rotatable bonds is 7. The Morgan fingerprint density at radius 3 is 3.14 bits per heavy atom. The third-order valence-electron chi connectivity index (χ3n) is 4.80. The molecule has 0 amide bonds. The summed E-state index contributed by atoms with van der Waals surface area (Å²) in [5.41, 5.74) is 0. The summed E-state index contributed by atoms with van der Waals surface area (Å²) in [6.45, 7) is 7.12. The van der Waals surface area contributed by atoms with Crippen LogP contribution in [0.4, 0.5) is 5.95 Å². The lowest BCUT2D eigenvalue weighted by molar-refractivity contribution is 0.147. The molecule has 0 bridgehead atoms. The number of piperidine rings is 1. The Morgan fingerprint density at radius 1 is 1.29 bits per heavy atom. The van der Waals surface area contributed by atoms with Crippen LogP contribution in [0.15, 0.2) is 12.4 Å². The van der Waals surface area contributed by atoms with Crippen molar-refractivity contribution in [3.05, 3.63) is 12.4 Å². The quantitative estimate of drug-likeness (QED) is 0.784. The zero-order chi connectivity index (χ0) is 14.5. The Kier molecular flexibility index (Phi) is 5.14. The molecule has 0 aliphatic carbocycles. The molecule has 1 N–H and O–H groups in total. The summed E-state index contributed by atoms with van der Waals surface area (Å²) in [5, 5.41) is 3.48. The summed E-state index contributed by atoms with van der Waals surface area (Å²) in [4.78, 5) is 7.18. The Labute approximate surface area is 127 Å². The standard InChI is InChI=1S/C16H28N4O/c1-2-21-13-5-8-17-16-18-9-12-20(16)15-7-11-19-10-4-3-6-14(15)19/h9,12,14-15H,2-8,10-11,13H2,1H3,(H,17,18). The van der Waals surface area contributed by atoms with E-state index in [9.17, 15) is 0 Å². The van der Waals surface area contributed by atoms with Crippen LogP contribution in [0.5, 0.6) is 0 Å². The molecule has 2 unspecified atom stereocenters. The fourth-order valence-electron chi connectivity index (χ4n) is 3.78. The van der Waals surface area contributed by atoms with E-state index < -0.39 is 0 Å². The molecule has 3 heterocycles. The topological polar surface area (TPSA) is 42.3 Å². The highest BCUT2D eigenvalue weighted by Crippen LogP contribution is 2.36. The lowest BCUT2D eigenvalue weighted by Gasteiger charge is -2.33. The van der Waals surface area contributed by atoms with Crippen molar-refractivity contribution in [2.45, 2.75) is 51.1 Å². The van der Waals surface area contributed by atoms with Crippen LogP contribution in [-0.2, 0) is 4.74 Å². The van der Waals surface area contributed by atoms with E-state index in [0.29, 0.717) is 6.04 Å². The van der Waals surface area contributed by atoms with Gasteiger partial charge >= 0.3 is 0 Å². The number of ether oxygens (including phenoxy) is 1. The van der Waals surface area contributed by atoms with Gasteiger partial charge in [0.15, 0.2) is 0 Å². The molecule has 2 aliphatic rings. The van der Waals surface area contributed by atoms with Gasteiger partial charge in [-0.15, -0.1) is 0 Å². The van der Waals surface area contributed by atoms with E-state index in [1.165, 1.54) is 38.8 Å². The molecule has 1 aromatic heterocycles. The van der Waals surface area contributed by atoms with Crippen molar-refractivity contribution in [1.29, 1.82) is 0 Å². The largest absolute Gasteiger partial charge is 0.382 e. The first-order valence-electron chi connectivity index (χ1n) is 8.48. The van der Waals surface area contributed by atoms with Gasteiger partial charge in [0.1, 0.15) is 0 Å². The molecule has 2 atom stereocenters. The van der Waals surface area contributed by atoms with Crippen molar-refractivity contribution in [3.63, 3.8) is 0 Å². The molecule has 3 rings (SSSR count). The monoisotopic (exact) mass is 292 g/mol. The molecule has 0 spiro atoms. The SMILES string of the molecule is CCOCCCNc1nccn1C1CCN2CCCCC12. The Balaban J connectivity index is 1.57. The van der Waals surface area contributed by atoms with Gasteiger partial charge in [-0.2, -0.15) is 0 Å². The van der Waals surface area contributed by atoms with E-state index in [-0.39, 0.29) is 0 Å². The molecule has 1 aromatic rings. The summed E-state index contributed by atoms with van der Waals surface area (Å²) in [6.07, 6.45) is 10.4. The van der Waals surface area contributed by atoms with Crippen LogP contribution in [-0.4, -0.2) is 53.3 Å². The molecule has 118 valence electrons. The Bertz CT molecular complexity index is 434. The number of aromatic nitrogens is 2. The van der Waals surface area contributed by atoms with Gasteiger partial charge in [-0.3, -0.25) is 4.90 Å². The van der Waals surface area contributed by atoms with Gasteiger partial charge in [-0.1, -0.05) is 6.42 Å². The lowest BCUT2D eigenvalue weighted by Crippen LogP contribution is -2.37. The van der Waals surface area contributed by atoms with E-state index in [2.05, 4.69) is 26.0 Å². The van der Waals surface area contributed by atoms with Crippen LogP contribution in [0.2, 0.25) is 0 Å². The van der Waals surface area contributed by atoms with Crippen LogP contribution in [0, 0.1) is 0 Å². The van der Waals surface area contributed by atoms with E-state index in [1.54, 1.807) is 0 Å². The molecular formula is C16H28N4O. The molecule has 2 fully saturated rings. The predicted molar refractivity (Wildman–Crippen MR) is 84.7 cm³/mol. The minimum atomic E-state index is 0.599. The van der Waals surface area contributed by atoms with Crippen molar-refractivity contribution < 1.29 is 4.74 Å². The normalized spacial score (nSPS) is 26.0. The maximum Gasteiger partial charge on any atom is 0.203 e. The molecule has 2 aliphatic heterocycles. The highest BCUT2D eigenvalue weighted by Gasteiger charge is 2.37. The lowest BCUT2D eigenvalue weighted by atomic mass is 9.99. The van der Waals surface area contributed by atoms with Crippen LogP contribution in [0.25, 0.3) is 0 Å². The maximum absolute atomic E-state index is 5.38. The van der Waals surface area contributed by atoms with E-state index in [4.69, 9.17) is 4.74 Å².